The van der Waals surface area contributed by atoms with Gasteiger partial charge in [-0.15, -0.1) is 0 Å². The van der Waals surface area contributed by atoms with Crippen LogP contribution in [-0.2, 0) is 9.63 Å². The molecule has 2 amide bonds. The molecule has 0 aliphatic heterocycles. The zero-order valence-electron chi connectivity index (χ0n) is 8.75. The Morgan fingerprint density at radius 2 is 1.86 bits per heavy atom. The monoisotopic (exact) mass is 201 g/mol. The van der Waals surface area contributed by atoms with Crippen LogP contribution in [0.15, 0.2) is 5.16 Å². The fourth-order valence-corrected chi connectivity index (χ4v) is 0.684. The van der Waals surface area contributed by atoms with Gasteiger partial charge < -0.3 is 11.1 Å². The van der Waals surface area contributed by atoms with Gasteiger partial charge in [0, 0.05) is 12.5 Å². The highest BCUT2D eigenvalue weighted by Gasteiger charge is 2.25. The number of nitrogens with zero attached hydrogens (tertiary/aromatic N) is 1. The van der Waals surface area contributed by atoms with E-state index in [0.717, 1.165) is 0 Å². The van der Waals surface area contributed by atoms with Gasteiger partial charge in [0.2, 0.25) is 0 Å². The Balaban J connectivity index is 4.68. The highest BCUT2D eigenvalue weighted by molar-refractivity contribution is 6.39. The van der Waals surface area contributed by atoms with Gasteiger partial charge in [0.05, 0.1) is 0 Å². The molecule has 0 saturated heterocycles. The van der Waals surface area contributed by atoms with Crippen molar-refractivity contribution >= 4 is 17.7 Å². The van der Waals surface area contributed by atoms with Crippen LogP contribution < -0.4 is 11.1 Å². The SMILES string of the molecule is CNC(=O)ON=C(C(N)=O)C(C)(C)C. The van der Waals surface area contributed by atoms with E-state index in [9.17, 15) is 9.59 Å². The first-order chi connectivity index (χ1) is 6.29. The van der Waals surface area contributed by atoms with Crippen LogP contribution in [0, 0.1) is 5.41 Å². The van der Waals surface area contributed by atoms with E-state index >= 15 is 0 Å². The molecule has 0 aliphatic rings. The number of amides is 2. The molecule has 0 radical (unpaired) electrons. The number of carbonyl (C=O) groups excluding carboxylic acids is 2. The van der Waals surface area contributed by atoms with E-state index in [4.69, 9.17) is 5.73 Å². The smallest absolute Gasteiger partial charge is 0.364 e. The zero-order chi connectivity index (χ0) is 11.4. The molecule has 0 saturated carbocycles. The molecule has 0 heterocycles. The van der Waals surface area contributed by atoms with Gasteiger partial charge in [-0.2, -0.15) is 0 Å². The van der Waals surface area contributed by atoms with Crippen molar-refractivity contribution in [2.24, 2.45) is 16.3 Å². The largest absolute Gasteiger partial charge is 0.433 e. The van der Waals surface area contributed by atoms with Crippen LogP contribution in [0.2, 0.25) is 0 Å². The Kier molecular flexibility index (Phi) is 4.07. The number of nitrogens with one attached hydrogen (secondary N) is 1. The lowest BCUT2D eigenvalue weighted by atomic mass is 9.90. The first kappa shape index (κ1) is 12.4. The van der Waals surface area contributed by atoms with Crippen LogP contribution in [0.1, 0.15) is 20.8 Å². The molecule has 0 aromatic rings. The average Bonchev–Trinajstić information content (AvgIpc) is 2.01. The van der Waals surface area contributed by atoms with E-state index in [-0.39, 0.29) is 5.71 Å². The molecule has 0 rings (SSSR count). The number of rotatable bonds is 2. The van der Waals surface area contributed by atoms with Gasteiger partial charge >= 0.3 is 6.09 Å². The topological polar surface area (TPSA) is 93.8 Å². The molecule has 0 aromatic heterocycles. The third kappa shape index (κ3) is 3.88. The van der Waals surface area contributed by atoms with E-state index in [1.807, 2.05) is 0 Å². The summed E-state index contributed by atoms with van der Waals surface area (Å²) in [6, 6.07) is 0. The summed E-state index contributed by atoms with van der Waals surface area (Å²) in [5, 5.41) is 5.59. The van der Waals surface area contributed by atoms with Crippen LogP contribution in [0.3, 0.4) is 0 Å². The van der Waals surface area contributed by atoms with Crippen molar-refractivity contribution < 1.29 is 14.4 Å². The van der Waals surface area contributed by atoms with Crippen molar-refractivity contribution in [1.29, 1.82) is 0 Å². The number of oxime groups is 1. The standard InChI is InChI=1S/C8H15N3O3/c1-8(2,3)5(6(9)12)11-14-7(13)10-4/h1-4H3,(H2,9,12)(H,10,13). The fourth-order valence-electron chi connectivity index (χ4n) is 0.684. The van der Waals surface area contributed by atoms with Crippen molar-refractivity contribution in [2.75, 3.05) is 7.05 Å². The quantitative estimate of drug-likeness (QED) is 0.380. The van der Waals surface area contributed by atoms with Gasteiger partial charge in [-0.3, -0.25) is 9.63 Å². The van der Waals surface area contributed by atoms with Crippen molar-refractivity contribution in [2.45, 2.75) is 20.8 Å². The highest BCUT2D eigenvalue weighted by Crippen LogP contribution is 2.15. The molecular weight excluding hydrogens is 186 g/mol. The van der Waals surface area contributed by atoms with Gasteiger partial charge in [0.25, 0.3) is 5.91 Å². The minimum atomic E-state index is -0.743. The molecule has 6 heteroatoms. The summed E-state index contributed by atoms with van der Waals surface area (Å²) < 4.78 is 0. The zero-order valence-corrected chi connectivity index (χ0v) is 8.75. The summed E-state index contributed by atoms with van der Waals surface area (Å²) >= 11 is 0. The second-order valence-corrected chi connectivity index (χ2v) is 3.68. The van der Waals surface area contributed by atoms with Gasteiger partial charge in [-0.05, 0) is 0 Å². The second-order valence-electron chi connectivity index (χ2n) is 3.68. The van der Waals surface area contributed by atoms with E-state index in [1.165, 1.54) is 7.05 Å². The first-order valence-electron chi connectivity index (χ1n) is 4.06. The molecule has 0 fully saturated rings. The molecule has 14 heavy (non-hydrogen) atoms. The second kappa shape index (κ2) is 4.59. The van der Waals surface area contributed by atoms with Crippen molar-refractivity contribution in [1.82, 2.24) is 5.32 Å². The average molecular weight is 201 g/mol. The Morgan fingerprint density at radius 1 is 1.36 bits per heavy atom. The Morgan fingerprint density at radius 3 is 2.14 bits per heavy atom. The summed E-state index contributed by atoms with van der Waals surface area (Å²) in [6.45, 7) is 5.22. The third-order valence-corrected chi connectivity index (χ3v) is 1.37. The molecule has 0 bridgehead atoms. The summed E-state index contributed by atoms with van der Waals surface area (Å²) in [6.07, 6.45) is -0.743. The number of primary amides is 1. The van der Waals surface area contributed by atoms with E-state index in [1.54, 1.807) is 20.8 Å². The molecular formula is C8H15N3O3. The maximum absolute atomic E-state index is 10.9. The number of hydrogen-bond acceptors (Lipinski definition) is 4. The molecule has 3 N–H and O–H groups in total. The Labute approximate surface area is 82.5 Å². The van der Waals surface area contributed by atoms with Crippen LogP contribution in [0.5, 0.6) is 0 Å². The fraction of sp³-hybridized carbons (Fsp3) is 0.625. The summed E-state index contributed by atoms with van der Waals surface area (Å²) in [7, 11) is 1.39. The van der Waals surface area contributed by atoms with Crippen LogP contribution in [0.25, 0.3) is 0 Å². The lowest BCUT2D eigenvalue weighted by molar-refractivity contribution is -0.112. The molecule has 0 unspecified atom stereocenters. The molecule has 0 spiro atoms. The minimum absolute atomic E-state index is 0.0149. The van der Waals surface area contributed by atoms with Crippen LogP contribution >= 0.6 is 0 Å². The third-order valence-electron chi connectivity index (χ3n) is 1.37. The Hall–Kier alpha value is -1.59. The highest BCUT2D eigenvalue weighted by atomic mass is 16.7. The van der Waals surface area contributed by atoms with E-state index in [0.29, 0.717) is 0 Å². The molecule has 0 aromatic carbocycles. The van der Waals surface area contributed by atoms with E-state index in [2.05, 4.69) is 15.3 Å². The normalized spacial score (nSPS) is 12.1. The van der Waals surface area contributed by atoms with Gasteiger partial charge in [-0.1, -0.05) is 25.9 Å². The first-order valence-corrected chi connectivity index (χ1v) is 4.06. The maximum Gasteiger partial charge on any atom is 0.433 e. The Bertz CT molecular complexity index is 265. The molecule has 80 valence electrons. The predicted molar refractivity (Wildman–Crippen MR) is 51.6 cm³/mol. The van der Waals surface area contributed by atoms with Gasteiger partial charge in [0.1, 0.15) is 0 Å². The predicted octanol–water partition coefficient (Wildman–Crippen LogP) is 0.230. The number of nitrogens with two attached hydrogens (primary N) is 1. The van der Waals surface area contributed by atoms with Crippen molar-refractivity contribution in [3.05, 3.63) is 0 Å². The summed E-state index contributed by atoms with van der Waals surface area (Å²) in [5.74, 6) is -0.707. The lowest BCUT2D eigenvalue weighted by Crippen LogP contribution is -2.35. The molecule has 0 atom stereocenters. The van der Waals surface area contributed by atoms with E-state index < -0.39 is 17.4 Å². The molecule has 0 aliphatic carbocycles. The summed E-state index contributed by atoms with van der Waals surface area (Å²) in [5.41, 5.74) is 4.53. The maximum atomic E-state index is 10.9. The van der Waals surface area contributed by atoms with Crippen molar-refractivity contribution in [3.8, 4) is 0 Å². The minimum Gasteiger partial charge on any atom is -0.364 e. The molecule has 6 nitrogen and oxygen atoms in total. The van der Waals surface area contributed by atoms with Gasteiger partial charge in [0.15, 0.2) is 5.71 Å². The van der Waals surface area contributed by atoms with Crippen LogP contribution in [0.4, 0.5) is 4.79 Å². The lowest BCUT2D eigenvalue weighted by Gasteiger charge is -2.17. The van der Waals surface area contributed by atoms with Crippen LogP contribution in [-0.4, -0.2) is 24.8 Å². The number of carbonyl (C=O) groups is 2. The van der Waals surface area contributed by atoms with Gasteiger partial charge in [-0.25, -0.2) is 4.79 Å². The number of hydrogen-bond donors (Lipinski definition) is 2. The van der Waals surface area contributed by atoms with Crippen molar-refractivity contribution in [3.63, 3.8) is 0 Å². The summed E-state index contributed by atoms with van der Waals surface area (Å²) in [4.78, 5) is 26.0.